The SMILES string of the molecule is CCNc1ncnc(N(C)C2CCCCC2C)c1OC. The molecule has 1 aliphatic rings. The molecule has 1 aromatic heterocycles. The second kappa shape index (κ2) is 6.77. The van der Waals surface area contributed by atoms with E-state index in [1.807, 2.05) is 6.92 Å². The lowest BCUT2D eigenvalue weighted by molar-refractivity contribution is 0.317. The Labute approximate surface area is 121 Å². The highest BCUT2D eigenvalue weighted by molar-refractivity contribution is 5.64. The summed E-state index contributed by atoms with van der Waals surface area (Å²) in [5.41, 5.74) is 0. The molecule has 1 heterocycles. The summed E-state index contributed by atoms with van der Waals surface area (Å²) in [5, 5.41) is 3.23. The van der Waals surface area contributed by atoms with Gasteiger partial charge in [0.15, 0.2) is 11.6 Å². The van der Waals surface area contributed by atoms with Crippen LogP contribution in [0.2, 0.25) is 0 Å². The molecule has 5 heteroatoms. The van der Waals surface area contributed by atoms with E-state index < -0.39 is 0 Å². The first kappa shape index (κ1) is 14.9. The normalized spacial score (nSPS) is 22.4. The van der Waals surface area contributed by atoms with Crippen molar-refractivity contribution in [1.29, 1.82) is 0 Å². The molecule has 2 atom stereocenters. The van der Waals surface area contributed by atoms with Gasteiger partial charge in [-0.05, 0) is 25.7 Å². The molecule has 0 bridgehead atoms. The third-order valence-electron chi connectivity index (χ3n) is 4.23. The average molecular weight is 278 g/mol. The van der Waals surface area contributed by atoms with E-state index in [0.717, 1.165) is 23.9 Å². The molecule has 5 nitrogen and oxygen atoms in total. The maximum atomic E-state index is 5.55. The van der Waals surface area contributed by atoms with Crippen LogP contribution >= 0.6 is 0 Å². The van der Waals surface area contributed by atoms with Crippen molar-refractivity contribution in [3.63, 3.8) is 0 Å². The molecule has 0 spiro atoms. The number of anilines is 2. The van der Waals surface area contributed by atoms with Crippen LogP contribution < -0.4 is 15.0 Å². The third kappa shape index (κ3) is 2.97. The maximum Gasteiger partial charge on any atom is 0.204 e. The highest BCUT2D eigenvalue weighted by Gasteiger charge is 2.28. The summed E-state index contributed by atoms with van der Waals surface area (Å²) in [6.07, 6.45) is 6.77. The molecule has 1 N–H and O–H groups in total. The van der Waals surface area contributed by atoms with Crippen LogP contribution in [-0.2, 0) is 0 Å². The van der Waals surface area contributed by atoms with Crippen molar-refractivity contribution in [2.24, 2.45) is 5.92 Å². The van der Waals surface area contributed by atoms with Crippen LogP contribution in [-0.4, -0.2) is 36.7 Å². The number of ether oxygens (including phenoxy) is 1. The van der Waals surface area contributed by atoms with Gasteiger partial charge in [-0.25, -0.2) is 9.97 Å². The minimum Gasteiger partial charge on any atom is -0.490 e. The summed E-state index contributed by atoms with van der Waals surface area (Å²) >= 11 is 0. The van der Waals surface area contributed by atoms with Crippen molar-refractivity contribution in [3.8, 4) is 5.75 Å². The Balaban J connectivity index is 2.28. The molecule has 1 aromatic rings. The fraction of sp³-hybridized carbons (Fsp3) is 0.733. The van der Waals surface area contributed by atoms with Gasteiger partial charge in [-0.1, -0.05) is 19.8 Å². The average Bonchev–Trinajstić information content (AvgIpc) is 2.47. The summed E-state index contributed by atoms with van der Waals surface area (Å²) in [6.45, 7) is 5.20. The number of nitrogens with zero attached hydrogens (tertiary/aromatic N) is 3. The number of methoxy groups -OCH3 is 1. The zero-order valence-electron chi connectivity index (χ0n) is 13.0. The molecule has 0 aromatic carbocycles. The molecule has 112 valence electrons. The number of aromatic nitrogens is 2. The van der Waals surface area contributed by atoms with Crippen molar-refractivity contribution < 1.29 is 4.74 Å². The van der Waals surface area contributed by atoms with Gasteiger partial charge in [-0.3, -0.25) is 0 Å². The molecule has 0 saturated heterocycles. The van der Waals surface area contributed by atoms with E-state index in [2.05, 4.69) is 34.2 Å². The predicted octanol–water partition coefficient (Wildman–Crippen LogP) is 2.93. The van der Waals surface area contributed by atoms with Crippen molar-refractivity contribution in [3.05, 3.63) is 6.33 Å². The zero-order chi connectivity index (χ0) is 14.5. The summed E-state index contributed by atoms with van der Waals surface area (Å²) in [6, 6.07) is 0.530. The van der Waals surface area contributed by atoms with Gasteiger partial charge in [0.1, 0.15) is 6.33 Å². The van der Waals surface area contributed by atoms with Crippen LogP contribution in [0.1, 0.15) is 39.5 Å². The van der Waals surface area contributed by atoms with E-state index in [0.29, 0.717) is 12.0 Å². The monoisotopic (exact) mass is 278 g/mol. The molecule has 0 aliphatic heterocycles. The van der Waals surface area contributed by atoms with Crippen LogP contribution in [0.25, 0.3) is 0 Å². The van der Waals surface area contributed by atoms with E-state index in [1.54, 1.807) is 13.4 Å². The Morgan fingerprint density at radius 3 is 2.75 bits per heavy atom. The quantitative estimate of drug-likeness (QED) is 0.897. The van der Waals surface area contributed by atoms with E-state index in [9.17, 15) is 0 Å². The highest BCUT2D eigenvalue weighted by atomic mass is 16.5. The Bertz CT molecular complexity index is 438. The predicted molar refractivity (Wildman–Crippen MR) is 82.6 cm³/mol. The molecular formula is C15H26N4O. The largest absolute Gasteiger partial charge is 0.490 e. The highest BCUT2D eigenvalue weighted by Crippen LogP contribution is 2.36. The van der Waals surface area contributed by atoms with E-state index in [1.165, 1.54) is 25.7 Å². The minimum absolute atomic E-state index is 0.530. The summed E-state index contributed by atoms with van der Waals surface area (Å²) in [7, 11) is 3.80. The van der Waals surface area contributed by atoms with Crippen LogP contribution in [0.3, 0.4) is 0 Å². The van der Waals surface area contributed by atoms with Crippen molar-refractivity contribution in [2.45, 2.75) is 45.6 Å². The van der Waals surface area contributed by atoms with Crippen molar-refractivity contribution in [1.82, 2.24) is 9.97 Å². The maximum absolute atomic E-state index is 5.55. The second-order valence-corrected chi connectivity index (χ2v) is 5.55. The Morgan fingerprint density at radius 1 is 1.35 bits per heavy atom. The minimum atomic E-state index is 0.530. The first-order valence-corrected chi connectivity index (χ1v) is 7.54. The van der Waals surface area contributed by atoms with Gasteiger partial charge in [0.05, 0.1) is 7.11 Å². The van der Waals surface area contributed by atoms with Gasteiger partial charge in [-0.15, -0.1) is 0 Å². The molecule has 1 aliphatic carbocycles. The molecule has 20 heavy (non-hydrogen) atoms. The van der Waals surface area contributed by atoms with Gasteiger partial charge >= 0.3 is 0 Å². The number of hydrogen-bond donors (Lipinski definition) is 1. The second-order valence-electron chi connectivity index (χ2n) is 5.55. The van der Waals surface area contributed by atoms with Crippen molar-refractivity contribution in [2.75, 3.05) is 30.9 Å². The first-order valence-electron chi connectivity index (χ1n) is 7.54. The third-order valence-corrected chi connectivity index (χ3v) is 4.23. The lowest BCUT2D eigenvalue weighted by Crippen LogP contribution is -2.39. The fourth-order valence-electron chi connectivity index (χ4n) is 3.13. The lowest BCUT2D eigenvalue weighted by atomic mass is 9.85. The molecule has 0 amide bonds. The Kier molecular flexibility index (Phi) is 5.04. The molecule has 1 fully saturated rings. The van der Waals surface area contributed by atoms with Gasteiger partial charge in [-0.2, -0.15) is 0 Å². The van der Waals surface area contributed by atoms with Gasteiger partial charge < -0.3 is 15.0 Å². The van der Waals surface area contributed by atoms with E-state index in [4.69, 9.17) is 4.74 Å². The van der Waals surface area contributed by atoms with Crippen LogP contribution in [0.4, 0.5) is 11.6 Å². The molecule has 1 saturated carbocycles. The van der Waals surface area contributed by atoms with E-state index in [-0.39, 0.29) is 0 Å². The smallest absolute Gasteiger partial charge is 0.204 e. The standard InChI is InChI=1S/C15H26N4O/c1-5-16-14-13(20-4)15(18-10-17-14)19(3)12-9-7-6-8-11(12)2/h10-12H,5-9H2,1-4H3,(H,16,17,18). The lowest BCUT2D eigenvalue weighted by Gasteiger charge is -2.37. The number of nitrogens with one attached hydrogen (secondary N) is 1. The summed E-state index contributed by atoms with van der Waals surface area (Å²) < 4.78 is 5.55. The molecule has 2 rings (SSSR count). The molecular weight excluding hydrogens is 252 g/mol. The molecule has 2 unspecified atom stereocenters. The van der Waals surface area contributed by atoms with Gasteiger partial charge in [0, 0.05) is 19.6 Å². The van der Waals surface area contributed by atoms with Gasteiger partial charge in [0.25, 0.3) is 0 Å². The Hall–Kier alpha value is -1.52. The van der Waals surface area contributed by atoms with Gasteiger partial charge in [0.2, 0.25) is 5.75 Å². The number of rotatable bonds is 5. The van der Waals surface area contributed by atoms with Crippen LogP contribution in [0, 0.1) is 5.92 Å². The summed E-state index contributed by atoms with van der Waals surface area (Å²) in [4.78, 5) is 11.0. The summed E-state index contributed by atoms with van der Waals surface area (Å²) in [5.74, 6) is 3.10. The van der Waals surface area contributed by atoms with E-state index >= 15 is 0 Å². The topological polar surface area (TPSA) is 50.3 Å². The van der Waals surface area contributed by atoms with Crippen molar-refractivity contribution >= 4 is 11.6 Å². The Morgan fingerprint density at radius 2 is 2.10 bits per heavy atom. The zero-order valence-corrected chi connectivity index (χ0v) is 13.0. The molecule has 0 radical (unpaired) electrons. The van der Waals surface area contributed by atoms with Crippen LogP contribution in [0.15, 0.2) is 6.33 Å². The van der Waals surface area contributed by atoms with Crippen LogP contribution in [0.5, 0.6) is 5.75 Å². The number of hydrogen-bond acceptors (Lipinski definition) is 5. The first-order chi connectivity index (χ1) is 9.69. The fourth-order valence-corrected chi connectivity index (χ4v) is 3.13.